The van der Waals surface area contributed by atoms with Gasteiger partial charge >= 0.3 is 0 Å². The number of hydrogen-bond acceptors (Lipinski definition) is 3. The minimum absolute atomic E-state index is 0.810. The second kappa shape index (κ2) is 5.26. The van der Waals surface area contributed by atoms with Crippen molar-refractivity contribution in [3.8, 4) is 0 Å². The third kappa shape index (κ3) is 3.30. The zero-order chi connectivity index (χ0) is 10.5. The van der Waals surface area contributed by atoms with Gasteiger partial charge in [-0.25, -0.2) is 4.98 Å². The number of hydrogen-bond donors (Lipinski definition) is 2. The Labute approximate surface area is 90.9 Å². The molecule has 2 atom stereocenters. The smallest absolute Gasteiger partial charge is 0.138 e. The molecule has 2 rings (SSSR count). The minimum atomic E-state index is 0.810. The van der Waals surface area contributed by atoms with Crippen LogP contribution in [0.2, 0.25) is 0 Å². The number of aromatic amines is 1. The van der Waals surface area contributed by atoms with Gasteiger partial charge < -0.3 is 5.32 Å². The summed E-state index contributed by atoms with van der Waals surface area (Å²) in [4.78, 5) is 4.08. The summed E-state index contributed by atoms with van der Waals surface area (Å²) in [6, 6.07) is 0. The Morgan fingerprint density at radius 2 is 2.47 bits per heavy atom. The van der Waals surface area contributed by atoms with Crippen molar-refractivity contribution in [1.29, 1.82) is 0 Å². The van der Waals surface area contributed by atoms with Crippen LogP contribution >= 0.6 is 0 Å². The van der Waals surface area contributed by atoms with Gasteiger partial charge in [-0.1, -0.05) is 19.8 Å². The monoisotopic (exact) mass is 208 g/mol. The average Bonchev–Trinajstić information content (AvgIpc) is 2.71. The van der Waals surface area contributed by atoms with Crippen LogP contribution < -0.4 is 5.32 Å². The second-order valence-corrected chi connectivity index (χ2v) is 4.70. The fraction of sp³-hybridized carbons (Fsp3) is 0.818. The molecule has 1 aromatic rings. The normalized spacial score (nSPS) is 26.7. The van der Waals surface area contributed by atoms with Crippen LogP contribution in [0, 0.1) is 11.8 Å². The van der Waals surface area contributed by atoms with Gasteiger partial charge in [-0.2, -0.15) is 5.10 Å². The number of rotatable bonds is 4. The highest BCUT2D eigenvalue weighted by molar-refractivity contribution is 4.79. The summed E-state index contributed by atoms with van der Waals surface area (Å²) in [6.45, 7) is 4.29. The van der Waals surface area contributed by atoms with Crippen LogP contribution in [0.5, 0.6) is 0 Å². The van der Waals surface area contributed by atoms with Crippen LogP contribution in [0.3, 0.4) is 0 Å². The first-order chi connectivity index (χ1) is 7.34. The van der Waals surface area contributed by atoms with Gasteiger partial charge in [0.1, 0.15) is 12.2 Å². The molecular weight excluding hydrogens is 188 g/mol. The molecule has 0 bridgehead atoms. The van der Waals surface area contributed by atoms with Crippen LogP contribution in [-0.4, -0.2) is 21.7 Å². The van der Waals surface area contributed by atoms with Crippen LogP contribution in [-0.2, 0) is 6.54 Å². The maximum atomic E-state index is 4.08. The van der Waals surface area contributed by atoms with E-state index in [0.717, 1.165) is 30.7 Å². The summed E-state index contributed by atoms with van der Waals surface area (Å²) >= 11 is 0. The zero-order valence-corrected chi connectivity index (χ0v) is 9.37. The van der Waals surface area contributed by atoms with E-state index in [4.69, 9.17) is 0 Å². The standard InChI is InChI=1S/C11H20N4/c1-9-3-2-4-10(5-9)6-12-7-11-13-8-14-15-11/h8-10,12H,2-7H2,1H3,(H,13,14,15). The number of nitrogens with zero attached hydrogens (tertiary/aromatic N) is 2. The maximum Gasteiger partial charge on any atom is 0.138 e. The van der Waals surface area contributed by atoms with E-state index in [9.17, 15) is 0 Å². The molecule has 15 heavy (non-hydrogen) atoms. The molecule has 0 aliphatic heterocycles. The Morgan fingerprint density at radius 3 is 3.20 bits per heavy atom. The predicted molar refractivity (Wildman–Crippen MR) is 59.2 cm³/mol. The van der Waals surface area contributed by atoms with Crippen molar-refractivity contribution < 1.29 is 0 Å². The molecule has 0 spiro atoms. The highest BCUT2D eigenvalue weighted by Gasteiger charge is 2.18. The fourth-order valence-corrected chi connectivity index (χ4v) is 2.46. The molecule has 1 heterocycles. The van der Waals surface area contributed by atoms with E-state index < -0.39 is 0 Å². The first-order valence-corrected chi connectivity index (χ1v) is 5.89. The molecule has 0 aromatic carbocycles. The molecule has 4 nitrogen and oxygen atoms in total. The third-order valence-electron chi connectivity index (χ3n) is 3.24. The summed E-state index contributed by atoms with van der Waals surface area (Å²) in [5.41, 5.74) is 0. The van der Waals surface area contributed by atoms with Crippen LogP contribution in [0.1, 0.15) is 38.4 Å². The molecular formula is C11H20N4. The molecule has 0 saturated heterocycles. The van der Waals surface area contributed by atoms with E-state index in [0.29, 0.717) is 0 Å². The lowest BCUT2D eigenvalue weighted by molar-refractivity contribution is 0.273. The molecule has 84 valence electrons. The topological polar surface area (TPSA) is 53.6 Å². The lowest BCUT2D eigenvalue weighted by Crippen LogP contribution is -2.26. The number of nitrogens with one attached hydrogen (secondary N) is 2. The molecule has 2 N–H and O–H groups in total. The van der Waals surface area contributed by atoms with Gasteiger partial charge in [0.05, 0.1) is 6.54 Å². The lowest BCUT2D eigenvalue weighted by Gasteiger charge is -2.26. The van der Waals surface area contributed by atoms with Gasteiger partial charge in [0.15, 0.2) is 0 Å². The van der Waals surface area contributed by atoms with E-state index >= 15 is 0 Å². The number of H-pyrrole nitrogens is 1. The molecule has 0 amide bonds. The first kappa shape index (κ1) is 10.6. The SMILES string of the molecule is CC1CCCC(CNCc2ncn[nH]2)C1. The van der Waals surface area contributed by atoms with E-state index in [1.807, 2.05) is 0 Å². The Kier molecular flexibility index (Phi) is 3.72. The number of aromatic nitrogens is 3. The van der Waals surface area contributed by atoms with Crippen molar-refractivity contribution in [2.75, 3.05) is 6.54 Å². The lowest BCUT2D eigenvalue weighted by atomic mass is 9.82. The summed E-state index contributed by atoms with van der Waals surface area (Å²) in [7, 11) is 0. The van der Waals surface area contributed by atoms with Gasteiger partial charge in [0, 0.05) is 0 Å². The Morgan fingerprint density at radius 1 is 1.53 bits per heavy atom. The summed E-state index contributed by atoms with van der Waals surface area (Å²) in [5.74, 6) is 2.70. The summed E-state index contributed by atoms with van der Waals surface area (Å²) < 4.78 is 0. The molecule has 1 saturated carbocycles. The van der Waals surface area contributed by atoms with Crippen molar-refractivity contribution >= 4 is 0 Å². The van der Waals surface area contributed by atoms with E-state index in [2.05, 4.69) is 27.4 Å². The molecule has 1 aromatic heterocycles. The van der Waals surface area contributed by atoms with Gasteiger partial charge in [-0.15, -0.1) is 0 Å². The highest BCUT2D eigenvalue weighted by atomic mass is 15.2. The quantitative estimate of drug-likeness (QED) is 0.792. The molecule has 4 heteroatoms. The molecule has 2 unspecified atom stereocenters. The summed E-state index contributed by atoms with van der Waals surface area (Å²) in [5, 5.41) is 10.1. The van der Waals surface area contributed by atoms with Crippen molar-refractivity contribution in [3.05, 3.63) is 12.2 Å². The van der Waals surface area contributed by atoms with Crippen molar-refractivity contribution in [1.82, 2.24) is 20.5 Å². The van der Waals surface area contributed by atoms with Gasteiger partial charge in [-0.05, 0) is 31.2 Å². The largest absolute Gasteiger partial charge is 0.310 e. The van der Waals surface area contributed by atoms with Gasteiger partial charge in [0.25, 0.3) is 0 Å². The maximum absolute atomic E-state index is 4.08. The Balaban J connectivity index is 1.65. The van der Waals surface area contributed by atoms with E-state index in [-0.39, 0.29) is 0 Å². The summed E-state index contributed by atoms with van der Waals surface area (Å²) in [6.07, 6.45) is 7.13. The first-order valence-electron chi connectivity index (χ1n) is 5.89. The van der Waals surface area contributed by atoms with E-state index in [1.54, 1.807) is 6.33 Å². The Bertz CT molecular complexity index is 270. The molecule has 1 aliphatic carbocycles. The van der Waals surface area contributed by atoms with Gasteiger partial charge in [0.2, 0.25) is 0 Å². The minimum Gasteiger partial charge on any atom is -0.310 e. The molecule has 1 fully saturated rings. The van der Waals surface area contributed by atoms with Crippen molar-refractivity contribution in [2.45, 2.75) is 39.2 Å². The molecule has 1 aliphatic rings. The average molecular weight is 208 g/mol. The van der Waals surface area contributed by atoms with Crippen LogP contribution in [0.25, 0.3) is 0 Å². The fourth-order valence-electron chi connectivity index (χ4n) is 2.46. The van der Waals surface area contributed by atoms with Crippen LogP contribution in [0.15, 0.2) is 6.33 Å². The predicted octanol–water partition coefficient (Wildman–Crippen LogP) is 1.72. The second-order valence-electron chi connectivity index (χ2n) is 4.70. The zero-order valence-electron chi connectivity index (χ0n) is 9.37. The Hall–Kier alpha value is -0.900. The van der Waals surface area contributed by atoms with Crippen molar-refractivity contribution in [2.24, 2.45) is 11.8 Å². The molecule has 0 radical (unpaired) electrons. The highest BCUT2D eigenvalue weighted by Crippen LogP contribution is 2.27. The van der Waals surface area contributed by atoms with E-state index in [1.165, 1.54) is 25.7 Å². The van der Waals surface area contributed by atoms with Crippen molar-refractivity contribution in [3.63, 3.8) is 0 Å². The third-order valence-corrected chi connectivity index (χ3v) is 3.24. The van der Waals surface area contributed by atoms with Crippen LogP contribution in [0.4, 0.5) is 0 Å². The van der Waals surface area contributed by atoms with Gasteiger partial charge in [-0.3, -0.25) is 5.10 Å².